The molecule has 34 heavy (non-hydrogen) atoms. The van der Waals surface area contributed by atoms with E-state index in [0.717, 1.165) is 0 Å². The summed E-state index contributed by atoms with van der Waals surface area (Å²) in [4.78, 5) is 41.4. The molecule has 0 saturated heterocycles. The molecule has 1 aliphatic rings. The molecule has 3 aromatic rings. The predicted molar refractivity (Wildman–Crippen MR) is 126 cm³/mol. The lowest BCUT2D eigenvalue weighted by atomic mass is 10.2. The van der Waals surface area contributed by atoms with Gasteiger partial charge in [0, 0.05) is 5.69 Å². The van der Waals surface area contributed by atoms with Crippen molar-refractivity contribution in [3.63, 3.8) is 0 Å². The Labute approximate surface area is 198 Å². The van der Waals surface area contributed by atoms with Gasteiger partial charge in [0.15, 0.2) is 0 Å². The van der Waals surface area contributed by atoms with Crippen molar-refractivity contribution in [2.75, 3.05) is 5.32 Å². The van der Waals surface area contributed by atoms with E-state index in [1.54, 1.807) is 30.3 Å². The van der Waals surface area contributed by atoms with Crippen LogP contribution in [0.15, 0.2) is 47.3 Å². The number of benzene rings is 2. The number of hydrogen-bond acceptors (Lipinski definition) is 6. The number of rotatable bonds is 6. The molecule has 0 aliphatic heterocycles. The number of aromatic nitrogens is 2. The highest BCUT2D eigenvalue weighted by atomic mass is 35.5. The average Bonchev–Trinajstić information content (AvgIpc) is 3.59. The summed E-state index contributed by atoms with van der Waals surface area (Å²) in [5.41, 5.74) is 0.220. The fourth-order valence-corrected chi connectivity index (χ4v) is 4.95. The lowest BCUT2D eigenvalue weighted by Crippen LogP contribution is -2.36. The first-order valence-corrected chi connectivity index (χ1v) is 12.1. The van der Waals surface area contributed by atoms with Crippen LogP contribution in [0.3, 0.4) is 0 Å². The van der Waals surface area contributed by atoms with Crippen molar-refractivity contribution in [1.29, 1.82) is 0 Å². The maximum atomic E-state index is 13.4. The molecule has 1 unspecified atom stereocenters. The molecule has 1 atom stereocenters. The fourth-order valence-electron chi connectivity index (χ4n) is 3.47. The molecule has 11 nitrogen and oxygen atoms in total. The minimum atomic E-state index is -3.74. The van der Waals surface area contributed by atoms with E-state index in [4.69, 9.17) is 16.7 Å². The molecule has 1 aliphatic carbocycles. The standard InChI is InChI=1S/C21H20ClN5O6S/c1-11(23-21(30)31)18-25-16-7-3-6-15(22)17(16)19(28)27(18)13-5-2-4-12(10-13)24-20(29)26-34(32,33)14-8-9-14/h2-7,10-11,14,23H,8-9H2,1H3,(H,30,31)(H2,24,26,29). The van der Waals surface area contributed by atoms with Crippen LogP contribution in [-0.2, 0) is 10.0 Å². The van der Waals surface area contributed by atoms with E-state index < -0.39 is 39.0 Å². The van der Waals surface area contributed by atoms with Crippen LogP contribution in [-0.4, -0.2) is 40.4 Å². The molecular weight excluding hydrogens is 486 g/mol. The number of amides is 3. The summed E-state index contributed by atoms with van der Waals surface area (Å²) in [6, 6.07) is 9.00. The van der Waals surface area contributed by atoms with Crippen molar-refractivity contribution in [2.45, 2.75) is 31.1 Å². The van der Waals surface area contributed by atoms with Gasteiger partial charge in [-0.15, -0.1) is 0 Å². The van der Waals surface area contributed by atoms with Crippen molar-refractivity contribution in [3.8, 4) is 5.69 Å². The zero-order valence-corrected chi connectivity index (χ0v) is 19.4. The quantitative estimate of drug-likeness (QED) is 0.400. The second-order valence-corrected chi connectivity index (χ2v) is 10.1. The summed E-state index contributed by atoms with van der Waals surface area (Å²) in [6.45, 7) is 1.53. The largest absolute Gasteiger partial charge is 0.465 e. The van der Waals surface area contributed by atoms with Crippen LogP contribution in [0.25, 0.3) is 16.6 Å². The second-order valence-electron chi connectivity index (χ2n) is 7.77. The number of hydrogen-bond donors (Lipinski definition) is 4. The van der Waals surface area contributed by atoms with E-state index in [0.29, 0.717) is 18.4 Å². The topological polar surface area (TPSA) is 159 Å². The number of nitrogens with zero attached hydrogens (tertiary/aromatic N) is 2. The van der Waals surface area contributed by atoms with Gasteiger partial charge in [-0.3, -0.25) is 9.36 Å². The number of anilines is 1. The number of sulfonamides is 1. The molecule has 178 valence electrons. The van der Waals surface area contributed by atoms with Gasteiger partial charge in [0.25, 0.3) is 5.56 Å². The summed E-state index contributed by atoms with van der Waals surface area (Å²) >= 11 is 6.24. The molecule has 1 saturated carbocycles. The van der Waals surface area contributed by atoms with Crippen molar-refractivity contribution in [1.82, 2.24) is 19.6 Å². The van der Waals surface area contributed by atoms with Crippen molar-refractivity contribution >= 4 is 50.3 Å². The maximum Gasteiger partial charge on any atom is 0.405 e. The third-order valence-corrected chi connectivity index (χ3v) is 7.29. The average molecular weight is 506 g/mol. The SMILES string of the molecule is CC(NC(=O)O)c1nc2cccc(Cl)c2c(=O)n1-c1cccc(NC(=O)NS(=O)(=O)C2CC2)c1. The van der Waals surface area contributed by atoms with Crippen LogP contribution < -0.4 is 20.9 Å². The van der Waals surface area contributed by atoms with Crippen molar-refractivity contribution in [2.24, 2.45) is 0 Å². The maximum absolute atomic E-state index is 13.4. The highest BCUT2D eigenvalue weighted by Gasteiger charge is 2.36. The number of carbonyl (C=O) groups is 2. The van der Waals surface area contributed by atoms with Crippen LogP contribution >= 0.6 is 11.6 Å². The van der Waals surface area contributed by atoms with E-state index in [9.17, 15) is 22.8 Å². The van der Waals surface area contributed by atoms with Crippen molar-refractivity contribution < 1.29 is 23.1 Å². The molecule has 4 N–H and O–H groups in total. The summed E-state index contributed by atoms with van der Waals surface area (Å²) < 4.78 is 27.2. The molecule has 1 fully saturated rings. The number of fused-ring (bicyclic) bond motifs is 1. The Morgan fingerprint density at radius 3 is 2.59 bits per heavy atom. The van der Waals surface area contributed by atoms with Gasteiger partial charge in [-0.05, 0) is 50.1 Å². The van der Waals surface area contributed by atoms with Crippen LogP contribution in [0, 0.1) is 0 Å². The van der Waals surface area contributed by atoms with Crippen LogP contribution in [0.1, 0.15) is 31.6 Å². The van der Waals surface area contributed by atoms with Crippen LogP contribution in [0.5, 0.6) is 0 Å². The molecule has 1 heterocycles. The Hall–Kier alpha value is -3.64. The lowest BCUT2D eigenvalue weighted by Gasteiger charge is -2.19. The molecule has 0 bridgehead atoms. The van der Waals surface area contributed by atoms with Gasteiger partial charge in [-0.25, -0.2) is 27.7 Å². The van der Waals surface area contributed by atoms with E-state index in [-0.39, 0.29) is 27.6 Å². The Morgan fingerprint density at radius 1 is 1.21 bits per heavy atom. The number of urea groups is 1. The van der Waals surface area contributed by atoms with Gasteiger partial charge in [0.05, 0.1) is 32.9 Å². The van der Waals surface area contributed by atoms with E-state index in [2.05, 4.69) is 15.6 Å². The van der Waals surface area contributed by atoms with Crippen LogP contribution in [0.4, 0.5) is 15.3 Å². The Balaban J connectivity index is 1.77. The van der Waals surface area contributed by atoms with Gasteiger partial charge in [0.2, 0.25) is 10.0 Å². The molecule has 3 amide bonds. The van der Waals surface area contributed by atoms with Gasteiger partial charge in [-0.1, -0.05) is 23.7 Å². The third-order valence-electron chi connectivity index (χ3n) is 5.16. The first-order chi connectivity index (χ1) is 16.1. The molecule has 1 aromatic heterocycles. The Morgan fingerprint density at radius 2 is 1.91 bits per heavy atom. The minimum absolute atomic E-state index is 0.0973. The zero-order valence-electron chi connectivity index (χ0n) is 17.8. The monoisotopic (exact) mass is 505 g/mol. The van der Waals surface area contributed by atoms with Crippen molar-refractivity contribution in [3.05, 3.63) is 63.7 Å². The van der Waals surface area contributed by atoms with E-state index >= 15 is 0 Å². The summed E-state index contributed by atoms with van der Waals surface area (Å²) in [5, 5.41) is 13.6. The number of carboxylic acid groups (broad SMARTS) is 1. The highest BCUT2D eigenvalue weighted by Crippen LogP contribution is 2.27. The third kappa shape index (κ3) is 4.82. The molecule has 13 heteroatoms. The first-order valence-electron chi connectivity index (χ1n) is 10.2. The van der Waals surface area contributed by atoms with Gasteiger partial charge in [-0.2, -0.15) is 0 Å². The molecular formula is C21H20ClN5O6S. The smallest absolute Gasteiger partial charge is 0.405 e. The van der Waals surface area contributed by atoms with Crippen LogP contribution in [0.2, 0.25) is 5.02 Å². The molecule has 0 spiro atoms. The second kappa shape index (κ2) is 8.95. The summed E-state index contributed by atoms with van der Waals surface area (Å²) in [6.07, 6.45) is -0.295. The van der Waals surface area contributed by atoms with Gasteiger partial charge >= 0.3 is 12.1 Å². The number of carbonyl (C=O) groups excluding carboxylic acids is 1. The van der Waals surface area contributed by atoms with E-state index in [1.807, 2.05) is 4.72 Å². The lowest BCUT2D eigenvalue weighted by molar-refractivity contribution is 0.190. The Kier molecular flexibility index (Phi) is 6.19. The van der Waals surface area contributed by atoms with Gasteiger partial charge in [0.1, 0.15) is 5.82 Å². The summed E-state index contributed by atoms with van der Waals surface area (Å²) in [7, 11) is -3.74. The highest BCUT2D eigenvalue weighted by molar-refractivity contribution is 7.90. The zero-order chi connectivity index (χ0) is 24.6. The molecule has 2 aromatic carbocycles. The Bertz CT molecular complexity index is 1470. The van der Waals surface area contributed by atoms with E-state index in [1.165, 1.54) is 23.6 Å². The minimum Gasteiger partial charge on any atom is -0.465 e. The predicted octanol–water partition coefficient (Wildman–Crippen LogP) is 2.98. The fraction of sp³-hybridized carbons (Fsp3) is 0.238. The first kappa shape index (κ1) is 23.5. The van der Waals surface area contributed by atoms with Gasteiger partial charge < -0.3 is 15.7 Å². The number of halogens is 1. The normalized spacial score (nSPS) is 14.4. The molecule has 0 radical (unpaired) electrons. The molecule has 4 rings (SSSR count). The summed E-state index contributed by atoms with van der Waals surface area (Å²) in [5.74, 6) is 0.0973. The number of nitrogens with one attached hydrogen (secondary N) is 3.